The van der Waals surface area contributed by atoms with Crippen molar-refractivity contribution in [1.29, 1.82) is 0 Å². The van der Waals surface area contributed by atoms with Gasteiger partial charge in [0.2, 0.25) is 6.29 Å². The Balaban J connectivity index is 3.36. The van der Waals surface area contributed by atoms with Gasteiger partial charge in [-0.2, -0.15) is 0 Å². The fraction of sp³-hybridized carbons (Fsp3) is 0.625. The molecule has 0 amide bonds. The van der Waals surface area contributed by atoms with E-state index in [9.17, 15) is 4.79 Å². The van der Waals surface area contributed by atoms with Crippen LogP contribution in [0.25, 0.3) is 0 Å². The zero-order chi connectivity index (χ0) is 7.11. The Morgan fingerprint density at radius 3 is 2.78 bits per heavy atom. The molecule has 0 unspecified atom stereocenters. The third-order valence-corrected chi connectivity index (χ3v) is 1.23. The second-order valence-corrected chi connectivity index (χ2v) is 2.21. The summed E-state index contributed by atoms with van der Waals surface area (Å²) >= 11 is 0. The highest BCUT2D eigenvalue weighted by molar-refractivity contribution is 5.66. The van der Waals surface area contributed by atoms with Crippen LogP contribution in [0.5, 0.6) is 0 Å². The lowest BCUT2D eigenvalue weighted by atomic mass is 10.1. The minimum absolute atomic E-state index is 1.03. The lowest BCUT2D eigenvalue weighted by Crippen LogP contribution is -1.77. The summed E-state index contributed by atoms with van der Waals surface area (Å²) in [6.07, 6.45) is 6.66. The first kappa shape index (κ1) is 8.41. The molecule has 0 fully saturated rings. The van der Waals surface area contributed by atoms with Crippen LogP contribution in [-0.2, 0) is 4.79 Å². The van der Waals surface area contributed by atoms with E-state index in [2.05, 4.69) is 6.92 Å². The number of unbranched alkanes of at least 4 members (excludes halogenated alkanes) is 1. The quantitative estimate of drug-likeness (QED) is 0.526. The Morgan fingerprint density at radius 1 is 1.67 bits per heavy atom. The molecule has 0 aromatic rings. The summed E-state index contributed by atoms with van der Waals surface area (Å²) < 4.78 is 0. The van der Waals surface area contributed by atoms with Crippen LogP contribution < -0.4 is 0 Å². The topological polar surface area (TPSA) is 17.1 Å². The van der Waals surface area contributed by atoms with Gasteiger partial charge in [0.05, 0.1) is 0 Å². The van der Waals surface area contributed by atoms with E-state index in [1.54, 1.807) is 6.29 Å². The van der Waals surface area contributed by atoms with Gasteiger partial charge in [0.15, 0.2) is 0 Å². The molecule has 0 saturated heterocycles. The fourth-order valence-corrected chi connectivity index (χ4v) is 0.628. The molecule has 0 aliphatic rings. The van der Waals surface area contributed by atoms with Crippen molar-refractivity contribution in [3.05, 3.63) is 11.6 Å². The SMILES string of the molecule is CCCCC(C)=C[C]=O. The van der Waals surface area contributed by atoms with Gasteiger partial charge >= 0.3 is 0 Å². The van der Waals surface area contributed by atoms with Gasteiger partial charge in [0.25, 0.3) is 0 Å². The van der Waals surface area contributed by atoms with Crippen LogP contribution in [0.3, 0.4) is 0 Å². The van der Waals surface area contributed by atoms with Crippen molar-refractivity contribution in [3.8, 4) is 0 Å². The van der Waals surface area contributed by atoms with E-state index in [0.717, 1.165) is 12.0 Å². The van der Waals surface area contributed by atoms with Crippen LogP contribution in [0, 0.1) is 0 Å². The molecule has 0 heterocycles. The summed E-state index contributed by atoms with van der Waals surface area (Å²) in [6, 6.07) is 0. The highest BCUT2D eigenvalue weighted by atomic mass is 16.1. The lowest BCUT2D eigenvalue weighted by Gasteiger charge is -1.93. The van der Waals surface area contributed by atoms with Crippen molar-refractivity contribution >= 4 is 6.29 Å². The maximum absolute atomic E-state index is 9.78. The van der Waals surface area contributed by atoms with E-state index < -0.39 is 0 Å². The van der Waals surface area contributed by atoms with E-state index in [-0.39, 0.29) is 0 Å². The average Bonchev–Trinajstić information content (AvgIpc) is 1.85. The number of hydrogen-bond donors (Lipinski definition) is 0. The van der Waals surface area contributed by atoms with Crippen LogP contribution >= 0.6 is 0 Å². The Labute approximate surface area is 56.8 Å². The van der Waals surface area contributed by atoms with E-state index in [0.29, 0.717) is 0 Å². The minimum Gasteiger partial charge on any atom is -0.286 e. The maximum atomic E-state index is 9.78. The van der Waals surface area contributed by atoms with Gasteiger partial charge in [-0.05, 0) is 25.8 Å². The van der Waals surface area contributed by atoms with E-state index >= 15 is 0 Å². The summed E-state index contributed by atoms with van der Waals surface area (Å²) in [7, 11) is 0. The molecule has 1 nitrogen and oxygen atoms in total. The predicted octanol–water partition coefficient (Wildman–Crippen LogP) is 2.23. The number of allylic oxidation sites excluding steroid dienone is 2. The number of hydrogen-bond acceptors (Lipinski definition) is 1. The highest BCUT2D eigenvalue weighted by Crippen LogP contribution is 2.03. The van der Waals surface area contributed by atoms with Crippen molar-refractivity contribution in [2.24, 2.45) is 0 Å². The minimum atomic E-state index is 1.03. The largest absolute Gasteiger partial charge is 0.286 e. The third-order valence-electron chi connectivity index (χ3n) is 1.23. The predicted molar refractivity (Wildman–Crippen MR) is 39.0 cm³/mol. The molecule has 51 valence electrons. The van der Waals surface area contributed by atoms with Gasteiger partial charge in [0.1, 0.15) is 0 Å². The van der Waals surface area contributed by atoms with Gasteiger partial charge in [0, 0.05) is 0 Å². The van der Waals surface area contributed by atoms with Gasteiger partial charge in [-0.25, -0.2) is 0 Å². The molecule has 0 aliphatic carbocycles. The van der Waals surface area contributed by atoms with Crippen LogP contribution in [-0.4, -0.2) is 6.29 Å². The van der Waals surface area contributed by atoms with Gasteiger partial charge in [-0.15, -0.1) is 0 Å². The van der Waals surface area contributed by atoms with Crippen LogP contribution in [0.15, 0.2) is 11.6 Å². The number of carbonyl (C=O) groups excluding carboxylic acids is 1. The summed E-state index contributed by atoms with van der Waals surface area (Å²) in [6.45, 7) is 4.10. The zero-order valence-electron chi connectivity index (χ0n) is 6.11. The molecular formula is C8H13O. The van der Waals surface area contributed by atoms with Gasteiger partial charge in [-0.1, -0.05) is 18.9 Å². The summed E-state index contributed by atoms with van der Waals surface area (Å²) in [5.41, 5.74) is 1.13. The Hall–Kier alpha value is -0.590. The number of rotatable bonds is 4. The second-order valence-electron chi connectivity index (χ2n) is 2.21. The second kappa shape index (κ2) is 5.54. The van der Waals surface area contributed by atoms with Crippen LogP contribution in [0.2, 0.25) is 0 Å². The van der Waals surface area contributed by atoms with Crippen molar-refractivity contribution in [2.45, 2.75) is 33.1 Å². The van der Waals surface area contributed by atoms with Crippen molar-refractivity contribution in [1.82, 2.24) is 0 Å². The molecule has 0 aliphatic heterocycles. The lowest BCUT2D eigenvalue weighted by molar-refractivity contribution is 0.564. The zero-order valence-corrected chi connectivity index (χ0v) is 6.11. The van der Waals surface area contributed by atoms with Crippen molar-refractivity contribution < 1.29 is 4.79 Å². The molecule has 9 heavy (non-hydrogen) atoms. The highest BCUT2D eigenvalue weighted by Gasteiger charge is 1.86. The van der Waals surface area contributed by atoms with Gasteiger partial charge < -0.3 is 0 Å². The summed E-state index contributed by atoms with van der Waals surface area (Å²) in [5, 5.41) is 0. The monoisotopic (exact) mass is 125 g/mol. The smallest absolute Gasteiger partial charge is 0.225 e. The molecule has 0 bridgehead atoms. The third kappa shape index (κ3) is 5.28. The molecule has 0 spiro atoms. The molecule has 0 saturated carbocycles. The molecule has 0 rings (SSSR count). The average molecular weight is 125 g/mol. The molecule has 0 atom stereocenters. The van der Waals surface area contributed by atoms with Crippen LogP contribution in [0.4, 0.5) is 0 Å². The van der Waals surface area contributed by atoms with E-state index in [1.165, 1.54) is 18.9 Å². The standard InChI is InChI=1S/C8H13O/c1-3-4-5-8(2)6-7-9/h6H,3-5H2,1-2H3. The first-order valence-electron chi connectivity index (χ1n) is 3.34. The maximum Gasteiger partial charge on any atom is 0.225 e. The summed E-state index contributed by atoms with van der Waals surface area (Å²) in [4.78, 5) is 9.78. The first-order chi connectivity index (χ1) is 4.31. The molecule has 0 N–H and O–H groups in total. The Kier molecular flexibility index (Phi) is 5.18. The Bertz CT molecular complexity index is 103. The first-order valence-corrected chi connectivity index (χ1v) is 3.34. The molecule has 0 aromatic heterocycles. The molecule has 1 heteroatoms. The van der Waals surface area contributed by atoms with Crippen molar-refractivity contribution in [3.63, 3.8) is 0 Å². The van der Waals surface area contributed by atoms with E-state index in [4.69, 9.17) is 0 Å². The fourth-order valence-electron chi connectivity index (χ4n) is 0.628. The normalized spacial score (nSPS) is 11.6. The van der Waals surface area contributed by atoms with Crippen LogP contribution in [0.1, 0.15) is 33.1 Å². The van der Waals surface area contributed by atoms with Gasteiger partial charge in [-0.3, -0.25) is 4.79 Å². The Morgan fingerprint density at radius 2 is 2.33 bits per heavy atom. The molecular weight excluding hydrogens is 112 g/mol. The van der Waals surface area contributed by atoms with Crippen molar-refractivity contribution in [2.75, 3.05) is 0 Å². The summed E-state index contributed by atoms with van der Waals surface area (Å²) in [5.74, 6) is 0. The molecule has 0 aromatic carbocycles. The van der Waals surface area contributed by atoms with E-state index in [1.807, 2.05) is 6.92 Å². The molecule has 1 radical (unpaired) electrons.